The zero-order valence-corrected chi connectivity index (χ0v) is 14.8. The van der Waals surface area contributed by atoms with Gasteiger partial charge >= 0.3 is 0 Å². The van der Waals surface area contributed by atoms with Crippen LogP contribution in [0.1, 0.15) is 5.82 Å². The second kappa shape index (κ2) is 5.91. The average Bonchev–Trinajstić information content (AvgIpc) is 2.77. The zero-order chi connectivity index (χ0) is 15.1. The van der Waals surface area contributed by atoms with Crippen molar-refractivity contribution in [3.05, 3.63) is 55.6 Å². The molecule has 2 aromatic carbocycles. The molecule has 0 amide bonds. The van der Waals surface area contributed by atoms with E-state index >= 15 is 0 Å². The molecule has 3 aromatic rings. The minimum atomic E-state index is -0.490. The van der Waals surface area contributed by atoms with Gasteiger partial charge in [0, 0.05) is 14.7 Å². The van der Waals surface area contributed by atoms with Crippen LogP contribution in [0.15, 0.2) is 30.3 Å². The quantitative estimate of drug-likeness (QED) is 0.352. The molecule has 1 aromatic heterocycles. The first-order chi connectivity index (χ1) is 10.0. The number of hydrogen-bond donors (Lipinski definition) is 0. The third kappa shape index (κ3) is 2.74. The van der Waals surface area contributed by atoms with Crippen molar-refractivity contribution < 1.29 is 4.39 Å². The molecule has 3 rings (SSSR count). The summed E-state index contributed by atoms with van der Waals surface area (Å²) in [5.74, 6) is 0.330. The van der Waals surface area contributed by atoms with E-state index in [1.807, 2.05) is 16.7 Å². The van der Waals surface area contributed by atoms with Crippen LogP contribution >= 0.6 is 57.4 Å². The molecule has 0 unspecified atom stereocenters. The van der Waals surface area contributed by atoms with Gasteiger partial charge in [0.05, 0.1) is 27.6 Å². The zero-order valence-electron chi connectivity index (χ0n) is 10.4. The number of halogens is 5. The van der Waals surface area contributed by atoms with Crippen molar-refractivity contribution in [1.82, 2.24) is 9.55 Å². The summed E-state index contributed by atoms with van der Waals surface area (Å²) in [6.45, 7) is 0. The van der Waals surface area contributed by atoms with Crippen LogP contribution < -0.4 is 0 Å². The van der Waals surface area contributed by atoms with E-state index in [4.69, 9.17) is 34.8 Å². The van der Waals surface area contributed by atoms with Crippen molar-refractivity contribution in [2.75, 3.05) is 0 Å². The molecule has 1 heterocycles. The van der Waals surface area contributed by atoms with Crippen molar-refractivity contribution in [1.29, 1.82) is 0 Å². The van der Waals surface area contributed by atoms with Crippen LogP contribution in [0.2, 0.25) is 10.0 Å². The van der Waals surface area contributed by atoms with Crippen LogP contribution in [0.5, 0.6) is 0 Å². The molecule has 0 aliphatic carbocycles. The molecule has 0 bridgehead atoms. The Morgan fingerprint density at radius 1 is 1.19 bits per heavy atom. The molecule has 0 N–H and O–H groups in total. The second-order valence-electron chi connectivity index (χ2n) is 4.35. The van der Waals surface area contributed by atoms with Gasteiger partial charge in [-0.1, -0.05) is 23.2 Å². The van der Waals surface area contributed by atoms with Gasteiger partial charge in [-0.15, -0.1) is 11.6 Å². The molecule has 0 radical (unpaired) electrons. The maximum atomic E-state index is 13.8. The topological polar surface area (TPSA) is 17.8 Å². The predicted molar refractivity (Wildman–Crippen MR) is 93.3 cm³/mol. The number of imidazole rings is 1. The number of rotatable bonds is 2. The largest absolute Gasteiger partial charge is 0.294 e. The number of fused-ring (bicyclic) bond motifs is 1. The summed E-state index contributed by atoms with van der Waals surface area (Å²) in [6.07, 6.45) is 0. The first-order valence-electron chi connectivity index (χ1n) is 5.89. The standard InChI is InChI=1S/C14H7Cl3FIN2/c15-6-14-20-11-4-8(17)9(18)5-13(11)21(14)12-2-1-7(16)3-10(12)19/h1-5H,6H2. The third-order valence-electron chi connectivity index (χ3n) is 3.04. The summed E-state index contributed by atoms with van der Waals surface area (Å²) < 4.78 is 16.5. The number of nitrogens with zero attached hydrogens (tertiary/aromatic N) is 2. The summed E-state index contributed by atoms with van der Waals surface area (Å²) in [6, 6.07) is 8.32. The maximum Gasteiger partial charge on any atom is 0.144 e. The lowest BCUT2D eigenvalue weighted by atomic mass is 10.2. The molecule has 0 saturated heterocycles. The summed E-state index contributed by atoms with van der Waals surface area (Å²) in [5.41, 5.74) is 2.07. The van der Waals surface area contributed by atoms with Gasteiger partial charge < -0.3 is 0 Å². The number of hydrogen-bond acceptors (Lipinski definition) is 1. The van der Waals surface area contributed by atoms with Crippen molar-refractivity contribution >= 4 is 68.4 Å². The molecule has 7 heteroatoms. The monoisotopic (exact) mass is 454 g/mol. The highest BCUT2D eigenvalue weighted by Crippen LogP contribution is 2.30. The van der Waals surface area contributed by atoms with Crippen LogP contribution in [0.4, 0.5) is 4.39 Å². The lowest BCUT2D eigenvalue weighted by Crippen LogP contribution is -2.01. The number of benzene rings is 2. The van der Waals surface area contributed by atoms with E-state index in [9.17, 15) is 4.39 Å². The Bertz CT molecular complexity index is 848. The highest BCUT2D eigenvalue weighted by atomic mass is 127. The van der Waals surface area contributed by atoms with E-state index < -0.39 is 5.82 Å². The number of alkyl halides is 1. The van der Waals surface area contributed by atoms with Gasteiger partial charge in [0.1, 0.15) is 11.6 Å². The van der Waals surface area contributed by atoms with E-state index in [1.54, 1.807) is 6.07 Å². The third-order valence-corrected chi connectivity index (χ3v) is 4.66. The Balaban J connectivity index is 2.37. The highest BCUT2D eigenvalue weighted by Gasteiger charge is 2.16. The highest BCUT2D eigenvalue weighted by molar-refractivity contribution is 14.1. The molecule has 0 aliphatic rings. The minimum absolute atomic E-state index is 0.0408. The van der Waals surface area contributed by atoms with Crippen LogP contribution in [0.3, 0.4) is 0 Å². The molecule has 0 spiro atoms. The number of aromatic nitrogens is 2. The molecular formula is C14H7Cl3FIN2. The van der Waals surface area contributed by atoms with Crippen molar-refractivity contribution in [3.63, 3.8) is 0 Å². The van der Waals surface area contributed by atoms with Crippen LogP contribution in [0.25, 0.3) is 16.7 Å². The van der Waals surface area contributed by atoms with E-state index in [1.165, 1.54) is 12.1 Å². The van der Waals surface area contributed by atoms with E-state index in [0.29, 0.717) is 21.9 Å². The average molecular weight is 455 g/mol. The molecule has 108 valence electrons. The summed E-state index contributed by atoms with van der Waals surface area (Å²) in [4.78, 5) is 4.42. The molecule has 21 heavy (non-hydrogen) atoms. The Morgan fingerprint density at radius 3 is 2.62 bits per heavy atom. The molecule has 2 nitrogen and oxygen atoms in total. The van der Waals surface area contributed by atoms with Gasteiger partial charge in [0.25, 0.3) is 0 Å². The van der Waals surface area contributed by atoms with Crippen LogP contribution in [-0.4, -0.2) is 9.55 Å². The van der Waals surface area contributed by atoms with Crippen molar-refractivity contribution in [2.45, 2.75) is 5.88 Å². The van der Waals surface area contributed by atoms with Crippen molar-refractivity contribution in [3.8, 4) is 5.69 Å². The fraction of sp³-hybridized carbons (Fsp3) is 0.0714. The Labute approximate surface area is 149 Å². The fourth-order valence-corrected chi connectivity index (χ4v) is 3.59. The van der Waals surface area contributed by atoms with Gasteiger partial charge in [0.15, 0.2) is 0 Å². The first-order valence-corrected chi connectivity index (χ1v) is 8.26. The summed E-state index contributed by atoms with van der Waals surface area (Å²) in [7, 11) is 0. The summed E-state index contributed by atoms with van der Waals surface area (Å²) >= 11 is 19.9. The first kappa shape index (κ1) is 15.3. The molecule has 0 saturated carbocycles. The minimum Gasteiger partial charge on any atom is -0.294 e. The van der Waals surface area contributed by atoms with Gasteiger partial charge in [0.2, 0.25) is 0 Å². The molecule has 0 atom stereocenters. The predicted octanol–water partition coefficient (Wildman–Crippen LogP) is 5.81. The second-order valence-corrected chi connectivity index (χ2v) is 6.62. The van der Waals surface area contributed by atoms with Gasteiger partial charge in [-0.2, -0.15) is 0 Å². The van der Waals surface area contributed by atoms with Gasteiger partial charge in [-0.3, -0.25) is 4.57 Å². The Morgan fingerprint density at radius 2 is 1.95 bits per heavy atom. The lowest BCUT2D eigenvalue weighted by Gasteiger charge is -2.10. The van der Waals surface area contributed by atoms with Gasteiger partial charge in [-0.25, -0.2) is 9.37 Å². The van der Waals surface area contributed by atoms with E-state index in [0.717, 1.165) is 9.26 Å². The fourth-order valence-electron chi connectivity index (χ4n) is 2.14. The molecule has 0 aliphatic heterocycles. The van der Waals surface area contributed by atoms with E-state index in [2.05, 4.69) is 27.6 Å². The smallest absolute Gasteiger partial charge is 0.144 e. The van der Waals surface area contributed by atoms with Crippen LogP contribution in [-0.2, 0) is 5.88 Å². The normalized spacial score (nSPS) is 11.3. The molecule has 0 fully saturated rings. The SMILES string of the molecule is Fc1cc2c(cc1Cl)nc(CCl)n2-c1ccc(Cl)cc1I. The maximum absolute atomic E-state index is 13.8. The van der Waals surface area contributed by atoms with Crippen molar-refractivity contribution in [2.24, 2.45) is 0 Å². The van der Waals surface area contributed by atoms with Crippen LogP contribution in [0, 0.1) is 9.39 Å². The van der Waals surface area contributed by atoms with Gasteiger partial charge in [-0.05, 0) is 46.9 Å². The lowest BCUT2D eigenvalue weighted by molar-refractivity contribution is 0.629. The Hall–Kier alpha value is -0.560. The Kier molecular flexibility index (Phi) is 4.32. The summed E-state index contributed by atoms with van der Waals surface area (Å²) in [5, 5.41) is 0.674. The molecular weight excluding hydrogens is 448 g/mol. The van der Waals surface area contributed by atoms with E-state index in [-0.39, 0.29) is 10.9 Å².